The highest BCUT2D eigenvalue weighted by Gasteiger charge is 2.17. The van der Waals surface area contributed by atoms with Gasteiger partial charge in [-0.05, 0) is 24.7 Å². The average Bonchev–Trinajstić information content (AvgIpc) is 2.54. The molecule has 0 saturated carbocycles. The maximum atomic E-state index is 12.6. The minimum absolute atomic E-state index is 0.0206. The zero-order valence-electron chi connectivity index (χ0n) is 12.6. The number of hydrogen-bond donors (Lipinski definition) is 0. The van der Waals surface area contributed by atoms with E-state index in [2.05, 4.69) is 6.07 Å². The second-order valence-electron chi connectivity index (χ2n) is 5.13. The summed E-state index contributed by atoms with van der Waals surface area (Å²) in [7, 11) is 1.77. The third-order valence-electron chi connectivity index (χ3n) is 3.30. The summed E-state index contributed by atoms with van der Waals surface area (Å²) in [5.74, 6) is -0.0206. The molecule has 0 saturated heterocycles. The number of carbonyl (C=O) groups is 1. The number of anilines is 1. The van der Waals surface area contributed by atoms with Gasteiger partial charge >= 0.3 is 0 Å². The van der Waals surface area contributed by atoms with Crippen molar-refractivity contribution in [1.29, 1.82) is 5.26 Å². The molecule has 2 rings (SSSR count). The Labute approximate surface area is 131 Å². The predicted molar refractivity (Wildman–Crippen MR) is 87.2 cm³/mol. The first-order valence-electron chi connectivity index (χ1n) is 7.15. The molecule has 0 radical (unpaired) electrons. The van der Waals surface area contributed by atoms with Crippen LogP contribution in [0.25, 0.3) is 0 Å². The van der Waals surface area contributed by atoms with Crippen molar-refractivity contribution < 1.29 is 4.79 Å². The summed E-state index contributed by atoms with van der Waals surface area (Å²) in [6.07, 6.45) is 0. The molecule has 112 valence electrons. The van der Waals surface area contributed by atoms with Gasteiger partial charge in [0, 0.05) is 5.69 Å². The van der Waals surface area contributed by atoms with Gasteiger partial charge in [-0.3, -0.25) is 9.69 Å². The minimum Gasteiger partial charge on any atom is -0.307 e. The van der Waals surface area contributed by atoms with Crippen LogP contribution in [0.4, 0.5) is 5.69 Å². The van der Waals surface area contributed by atoms with E-state index >= 15 is 0 Å². The van der Waals surface area contributed by atoms with Crippen LogP contribution in [0, 0.1) is 11.3 Å². The van der Waals surface area contributed by atoms with Crippen LogP contribution in [0.3, 0.4) is 0 Å². The van der Waals surface area contributed by atoms with Crippen LogP contribution in [0.1, 0.15) is 5.56 Å². The molecular formula is C18H19N3O. The second kappa shape index (κ2) is 7.96. The monoisotopic (exact) mass is 293 g/mol. The summed E-state index contributed by atoms with van der Waals surface area (Å²) in [5, 5.41) is 8.72. The van der Waals surface area contributed by atoms with Crippen LogP contribution in [0.5, 0.6) is 0 Å². The molecule has 0 spiro atoms. The Morgan fingerprint density at radius 3 is 2.23 bits per heavy atom. The number of nitrogens with zero attached hydrogens (tertiary/aromatic N) is 3. The highest BCUT2D eigenvalue weighted by atomic mass is 16.2. The van der Waals surface area contributed by atoms with Crippen LogP contribution in [0.2, 0.25) is 0 Å². The summed E-state index contributed by atoms with van der Waals surface area (Å²) in [6, 6.07) is 21.5. The number of para-hydroxylation sites is 1. The van der Waals surface area contributed by atoms with Crippen LogP contribution in [-0.4, -0.2) is 30.9 Å². The fourth-order valence-electron chi connectivity index (χ4n) is 2.19. The fourth-order valence-corrected chi connectivity index (χ4v) is 2.19. The molecule has 0 fully saturated rings. The van der Waals surface area contributed by atoms with Gasteiger partial charge in [-0.15, -0.1) is 0 Å². The summed E-state index contributed by atoms with van der Waals surface area (Å²) in [5.41, 5.74) is 1.93. The maximum Gasteiger partial charge on any atom is 0.241 e. The smallest absolute Gasteiger partial charge is 0.241 e. The van der Waals surface area contributed by atoms with E-state index in [1.807, 2.05) is 60.7 Å². The van der Waals surface area contributed by atoms with Gasteiger partial charge in [-0.2, -0.15) is 5.26 Å². The van der Waals surface area contributed by atoms with Gasteiger partial charge in [0.05, 0.1) is 25.7 Å². The first-order chi connectivity index (χ1) is 10.7. The number of likely N-dealkylation sites (N-methyl/N-ethyl adjacent to an activating group) is 1. The van der Waals surface area contributed by atoms with Gasteiger partial charge in [0.25, 0.3) is 0 Å². The molecule has 22 heavy (non-hydrogen) atoms. The molecular weight excluding hydrogens is 274 g/mol. The molecule has 0 aliphatic carbocycles. The zero-order valence-corrected chi connectivity index (χ0v) is 12.6. The largest absolute Gasteiger partial charge is 0.307 e. The number of carbonyl (C=O) groups excluding carboxylic acids is 1. The molecule has 1 amide bonds. The highest BCUT2D eigenvalue weighted by molar-refractivity contribution is 5.94. The Balaban J connectivity index is 2.19. The van der Waals surface area contributed by atoms with Crippen LogP contribution >= 0.6 is 0 Å². The van der Waals surface area contributed by atoms with Crippen molar-refractivity contribution in [2.75, 3.05) is 25.0 Å². The van der Waals surface area contributed by atoms with Crippen molar-refractivity contribution in [1.82, 2.24) is 4.90 Å². The summed E-state index contributed by atoms with van der Waals surface area (Å²) in [6.45, 7) is 0.971. The summed E-state index contributed by atoms with van der Waals surface area (Å²) >= 11 is 0. The van der Waals surface area contributed by atoms with Crippen molar-refractivity contribution in [3.63, 3.8) is 0 Å². The quantitative estimate of drug-likeness (QED) is 0.769. The molecule has 0 unspecified atom stereocenters. The molecule has 0 aliphatic heterocycles. The lowest BCUT2D eigenvalue weighted by molar-refractivity contribution is -0.119. The molecule has 0 aromatic heterocycles. The number of rotatable bonds is 6. The molecule has 0 bridgehead atoms. The lowest BCUT2D eigenvalue weighted by Crippen LogP contribution is -2.38. The molecule has 0 atom stereocenters. The third kappa shape index (κ3) is 4.44. The number of benzene rings is 2. The fraction of sp³-hybridized carbons (Fsp3) is 0.222. The van der Waals surface area contributed by atoms with Crippen molar-refractivity contribution in [2.24, 2.45) is 0 Å². The van der Waals surface area contributed by atoms with Crippen LogP contribution in [-0.2, 0) is 11.3 Å². The molecule has 0 N–H and O–H groups in total. The van der Waals surface area contributed by atoms with Gasteiger partial charge in [0.2, 0.25) is 5.91 Å². The first kappa shape index (κ1) is 15.7. The van der Waals surface area contributed by atoms with Crippen molar-refractivity contribution >= 4 is 11.6 Å². The van der Waals surface area contributed by atoms with Gasteiger partial charge in [0.15, 0.2) is 0 Å². The standard InChI is InChI=1S/C18H19N3O/c1-20(13-12-19)15-18(22)21(17-10-6-3-7-11-17)14-16-8-4-2-5-9-16/h2-11H,13-15H2,1H3. The average molecular weight is 293 g/mol. The summed E-state index contributed by atoms with van der Waals surface area (Å²) < 4.78 is 0. The third-order valence-corrected chi connectivity index (χ3v) is 3.30. The molecule has 2 aromatic rings. The lowest BCUT2D eigenvalue weighted by Gasteiger charge is -2.25. The van der Waals surface area contributed by atoms with Crippen molar-refractivity contribution in [3.8, 4) is 6.07 Å². The molecule has 4 heteroatoms. The molecule has 0 aliphatic rings. The number of nitriles is 1. The Morgan fingerprint density at radius 2 is 1.64 bits per heavy atom. The van der Waals surface area contributed by atoms with E-state index in [4.69, 9.17) is 5.26 Å². The minimum atomic E-state index is -0.0206. The van der Waals surface area contributed by atoms with Crippen LogP contribution in [0.15, 0.2) is 60.7 Å². The van der Waals surface area contributed by atoms with Gasteiger partial charge in [-0.25, -0.2) is 0 Å². The highest BCUT2D eigenvalue weighted by Crippen LogP contribution is 2.17. The maximum absolute atomic E-state index is 12.6. The van der Waals surface area contributed by atoms with Gasteiger partial charge in [-0.1, -0.05) is 48.5 Å². The summed E-state index contributed by atoms with van der Waals surface area (Å²) in [4.78, 5) is 16.1. The van der Waals surface area contributed by atoms with Gasteiger partial charge < -0.3 is 4.90 Å². The van der Waals surface area contributed by atoms with E-state index in [1.54, 1.807) is 16.8 Å². The van der Waals surface area contributed by atoms with Crippen LogP contribution < -0.4 is 4.90 Å². The predicted octanol–water partition coefficient (Wildman–Crippen LogP) is 2.68. The Morgan fingerprint density at radius 1 is 1.05 bits per heavy atom. The molecule has 0 heterocycles. The Kier molecular flexibility index (Phi) is 5.70. The topological polar surface area (TPSA) is 47.3 Å². The van der Waals surface area contributed by atoms with E-state index < -0.39 is 0 Å². The van der Waals surface area contributed by atoms with Crippen molar-refractivity contribution in [3.05, 3.63) is 66.2 Å². The SMILES string of the molecule is CN(CC#N)CC(=O)N(Cc1ccccc1)c1ccccc1. The zero-order chi connectivity index (χ0) is 15.8. The lowest BCUT2D eigenvalue weighted by atomic mass is 10.2. The first-order valence-corrected chi connectivity index (χ1v) is 7.15. The van der Waals surface area contributed by atoms with E-state index in [9.17, 15) is 4.79 Å². The van der Waals surface area contributed by atoms with E-state index in [0.717, 1.165) is 11.3 Å². The van der Waals surface area contributed by atoms with E-state index in [-0.39, 0.29) is 19.0 Å². The van der Waals surface area contributed by atoms with E-state index in [1.165, 1.54) is 0 Å². The van der Waals surface area contributed by atoms with E-state index in [0.29, 0.717) is 6.54 Å². The Hall–Kier alpha value is -2.64. The normalized spacial score (nSPS) is 10.2. The number of hydrogen-bond acceptors (Lipinski definition) is 3. The Bertz CT molecular complexity index is 634. The number of amides is 1. The molecule has 2 aromatic carbocycles. The van der Waals surface area contributed by atoms with Crippen molar-refractivity contribution in [2.45, 2.75) is 6.54 Å². The van der Waals surface area contributed by atoms with Gasteiger partial charge in [0.1, 0.15) is 0 Å². The second-order valence-corrected chi connectivity index (χ2v) is 5.13. The molecule has 4 nitrogen and oxygen atoms in total.